The summed E-state index contributed by atoms with van der Waals surface area (Å²) in [5, 5.41) is 5.30. The molecule has 3 aromatic rings. The van der Waals surface area contributed by atoms with Crippen LogP contribution in [0.15, 0.2) is 65.3 Å². The third-order valence-electron chi connectivity index (χ3n) is 4.43. The van der Waals surface area contributed by atoms with Gasteiger partial charge in [-0.05, 0) is 54.8 Å². The maximum Gasteiger partial charge on any atom is 0.255 e. The lowest BCUT2D eigenvalue weighted by molar-refractivity contribution is -0.120. The Bertz CT molecular complexity index is 1020. The molecule has 0 saturated carbocycles. The summed E-state index contributed by atoms with van der Waals surface area (Å²) >= 11 is 0. The molecular weight excluding hydrogens is 378 g/mol. The summed E-state index contributed by atoms with van der Waals surface area (Å²) in [6, 6.07) is 12.8. The average molecular weight is 398 g/mol. The molecule has 5 nitrogen and oxygen atoms in total. The minimum Gasteiger partial charge on any atom is -0.469 e. The molecule has 1 atom stereocenters. The molecule has 150 valence electrons. The first-order chi connectivity index (χ1) is 13.9. The van der Waals surface area contributed by atoms with Crippen molar-refractivity contribution in [3.05, 3.63) is 94.9 Å². The second kappa shape index (κ2) is 9.14. The fourth-order valence-corrected chi connectivity index (χ4v) is 3.00. The monoisotopic (exact) mass is 398 g/mol. The molecule has 0 bridgehead atoms. The molecule has 2 N–H and O–H groups in total. The standard InChI is InChI=1S/C22H20F2N2O3/c1-14-19(8-9-29-14)22(28)25-13-21(27)26-20(16-5-3-7-18(24)12-16)11-15-4-2-6-17(23)10-15/h2-10,12,20H,11,13H2,1H3,(H,25,28)(H,26,27). The first-order valence-corrected chi connectivity index (χ1v) is 9.04. The molecule has 0 aliphatic carbocycles. The largest absolute Gasteiger partial charge is 0.469 e. The summed E-state index contributed by atoms with van der Waals surface area (Å²) in [6.45, 7) is 1.38. The van der Waals surface area contributed by atoms with Crippen molar-refractivity contribution in [3.63, 3.8) is 0 Å². The number of hydrogen-bond donors (Lipinski definition) is 2. The fraction of sp³-hybridized carbons (Fsp3) is 0.182. The number of furan rings is 1. The van der Waals surface area contributed by atoms with Gasteiger partial charge < -0.3 is 15.1 Å². The van der Waals surface area contributed by atoms with Gasteiger partial charge in [-0.3, -0.25) is 9.59 Å². The number of halogens is 2. The Morgan fingerprint density at radius 3 is 2.41 bits per heavy atom. The molecule has 3 rings (SSSR count). The van der Waals surface area contributed by atoms with Gasteiger partial charge >= 0.3 is 0 Å². The lowest BCUT2D eigenvalue weighted by Gasteiger charge is -2.20. The second-order valence-electron chi connectivity index (χ2n) is 6.58. The van der Waals surface area contributed by atoms with E-state index in [1.54, 1.807) is 31.2 Å². The quantitative estimate of drug-likeness (QED) is 0.638. The van der Waals surface area contributed by atoms with Crippen LogP contribution in [0.3, 0.4) is 0 Å². The summed E-state index contributed by atoms with van der Waals surface area (Å²) in [6.07, 6.45) is 1.66. The lowest BCUT2D eigenvalue weighted by Crippen LogP contribution is -2.39. The Kier molecular flexibility index (Phi) is 6.39. The van der Waals surface area contributed by atoms with Gasteiger partial charge in [0.1, 0.15) is 17.4 Å². The van der Waals surface area contributed by atoms with Gasteiger partial charge in [0.2, 0.25) is 5.91 Å². The van der Waals surface area contributed by atoms with Crippen molar-refractivity contribution in [1.29, 1.82) is 0 Å². The Morgan fingerprint density at radius 1 is 1.03 bits per heavy atom. The van der Waals surface area contributed by atoms with E-state index in [1.807, 2.05) is 0 Å². The smallest absolute Gasteiger partial charge is 0.255 e. The molecule has 0 saturated heterocycles. The predicted molar refractivity (Wildman–Crippen MR) is 103 cm³/mol. The molecule has 0 spiro atoms. The van der Waals surface area contributed by atoms with Crippen molar-refractivity contribution in [2.75, 3.05) is 6.54 Å². The zero-order valence-corrected chi connectivity index (χ0v) is 15.7. The molecule has 1 heterocycles. The Hall–Kier alpha value is -3.48. The summed E-state index contributed by atoms with van der Waals surface area (Å²) in [5.74, 6) is -1.27. The molecule has 1 aromatic heterocycles. The van der Waals surface area contributed by atoms with Crippen LogP contribution in [0.25, 0.3) is 0 Å². The number of amides is 2. The Labute approximate surface area is 166 Å². The number of benzene rings is 2. The zero-order chi connectivity index (χ0) is 20.8. The molecule has 7 heteroatoms. The molecule has 0 aliphatic heterocycles. The third-order valence-corrected chi connectivity index (χ3v) is 4.43. The van der Waals surface area contributed by atoms with Crippen LogP contribution in [0.1, 0.15) is 33.3 Å². The van der Waals surface area contributed by atoms with E-state index < -0.39 is 29.5 Å². The number of hydrogen-bond acceptors (Lipinski definition) is 3. The van der Waals surface area contributed by atoms with Crippen molar-refractivity contribution < 1.29 is 22.8 Å². The van der Waals surface area contributed by atoms with Crippen LogP contribution in [0.5, 0.6) is 0 Å². The van der Waals surface area contributed by atoms with Gasteiger partial charge in [-0.1, -0.05) is 24.3 Å². The number of rotatable bonds is 7. The fourth-order valence-electron chi connectivity index (χ4n) is 3.00. The van der Waals surface area contributed by atoms with Gasteiger partial charge in [-0.2, -0.15) is 0 Å². The maximum atomic E-state index is 13.7. The molecular formula is C22H20F2N2O3. The van der Waals surface area contributed by atoms with Crippen molar-refractivity contribution in [2.24, 2.45) is 0 Å². The number of carbonyl (C=O) groups excluding carboxylic acids is 2. The number of aryl methyl sites for hydroxylation is 1. The zero-order valence-electron chi connectivity index (χ0n) is 15.7. The highest BCUT2D eigenvalue weighted by molar-refractivity contribution is 5.97. The Morgan fingerprint density at radius 2 is 1.76 bits per heavy atom. The van der Waals surface area contributed by atoms with Crippen LogP contribution in [-0.4, -0.2) is 18.4 Å². The van der Waals surface area contributed by atoms with Crippen molar-refractivity contribution >= 4 is 11.8 Å². The highest BCUT2D eigenvalue weighted by Crippen LogP contribution is 2.20. The van der Waals surface area contributed by atoms with Crippen molar-refractivity contribution in [1.82, 2.24) is 10.6 Å². The molecule has 0 aliphatic rings. The van der Waals surface area contributed by atoms with Crippen LogP contribution in [0.4, 0.5) is 8.78 Å². The topological polar surface area (TPSA) is 71.3 Å². The highest BCUT2D eigenvalue weighted by atomic mass is 19.1. The van der Waals surface area contributed by atoms with E-state index in [9.17, 15) is 18.4 Å². The van der Waals surface area contributed by atoms with E-state index in [0.29, 0.717) is 22.5 Å². The summed E-state index contributed by atoms with van der Waals surface area (Å²) < 4.78 is 32.3. The summed E-state index contributed by atoms with van der Waals surface area (Å²) in [4.78, 5) is 24.5. The van der Waals surface area contributed by atoms with Gasteiger partial charge in [0, 0.05) is 0 Å². The molecule has 0 radical (unpaired) electrons. The molecule has 2 amide bonds. The van der Waals surface area contributed by atoms with Crippen LogP contribution in [-0.2, 0) is 11.2 Å². The first-order valence-electron chi connectivity index (χ1n) is 9.04. The van der Waals surface area contributed by atoms with Crippen molar-refractivity contribution in [2.45, 2.75) is 19.4 Å². The maximum absolute atomic E-state index is 13.7. The van der Waals surface area contributed by atoms with Gasteiger partial charge in [0.15, 0.2) is 0 Å². The first kappa shape index (κ1) is 20.3. The predicted octanol–water partition coefficient (Wildman–Crippen LogP) is 3.70. The van der Waals surface area contributed by atoms with Crippen LogP contribution in [0.2, 0.25) is 0 Å². The SMILES string of the molecule is Cc1occc1C(=O)NCC(=O)NC(Cc1cccc(F)c1)c1cccc(F)c1. The summed E-state index contributed by atoms with van der Waals surface area (Å²) in [5.41, 5.74) is 1.54. The Balaban J connectivity index is 1.69. The summed E-state index contributed by atoms with van der Waals surface area (Å²) in [7, 11) is 0. The minimum absolute atomic E-state index is 0.265. The van der Waals surface area contributed by atoms with E-state index in [4.69, 9.17) is 4.42 Å². The van der Waals surface area contributed by atoms with Crippen LogP contribution < -0.4 is 10.6 Å². The minimum atomic E-state index is -0.590. The van der Waals surface area contributed by atoms with E-state index in [1.165, 1.54) is 36.6 Å². The number of nitrogens with one attached hydrogen (secondary N) is 2. The van der Waals surface area contributed by atoms with E-state index in [2.05, 4.69) is 10.6 Å². The normalized spacial score (nSPS) is 11.7. The molecule has 1 unspecified atom stereocenters. The van der Waals surface area contributed by atoms with Gasteiger partial charge in [0.05, 0.1) is 24.4 Å². The molecule has 29 heavy (non-hydrogen) atoms. The highest BCUT2D eigenvalue weighted by Gasteiger charge is 2.18. The van der Waals surface area contributed by atoms with E-state index in [0.717, 1.165) is 0 Å². The van der Waals surface area contributed by atoms with Crippen molar-refractivity contribution in [3.8, 4) is 0 Å². The van der Waals surface area contributed by atoms with Gasteiger partial charge in [0.25, 0.3) is 5.91 Å². The second-order valence-corrected chi connectivity index (χ2v) is 6.58. The van der Waals surface area contributed by atoms with Gasteiger partial charge in [-0.15, -0.1) is 0 Å². The average Bonchev–Trinajstić information content (AvgIpc) is 3.12. The van der Waals surface area contributed by atoms with E-state index >= 15 is 0 Å². The van der Waals surface area contributed by atoms with Gasteiger partial charge in [-0.25, -0.2) is 8.78 Å². The molecule has 0 fully saturated rings. The van der Waals surface area contributed by atoms with Crippen LogP contribution >= 0.6 is 0 Å². The molecule has 2 aromatic carbocycles. The van der Waals surface area contributed by atoms with Crippen LogP contribution in [0, 0.1) is 18.6 Å². The number of carbonyl (C=O) groups is 2. The third kappa shape index (κ3) is 5.51. The van der Waals surface area contributed by atoms with E-state index in [-0.39, 0.29) is 13.0 Å². The lowest BCUT2D eigenvalue weighted by atomic mass is 9.98.